The van der Waals surface area contributed by atoms with Gasteiger partial charge in [0.2, 0.25) is 0 Å². The van der Waals surface area contributed by atoms with Crippen molar-refractivity contribution in [2.24, 2.45) is 5.92 Å². The molecule has 4 nitrogen and oxygen atoms in total. The van der Waals surface area contributed by atoms with Crippen LogP contribution in [0.3, 0.4) is 0 Å². The molecule has 2 heterocycles. The van der Waals surface area contributed by atoms with Crippen molar-refractivity contribution in [3.8, 4) is 0 Å². The van der Waals surface area contributed by atoms with Gasteiger partial charge in [-0.05, 0) is 25.8 Å². The first kappa shape index (κ1) is 11.6. The van der Waals surface area contributed by atoms with E-state index in [1.807, 2.05) is 12.5 Å². The van der Waals surface area contributed by atoms with E-state index in [9.17, 15) is 5.11 Å². The topological polar surface area (TPSA) is 41.3 Å². The molecule has 0 aliphatic carbocycles. The zero-order valence-electron chi connectivity index (χ0n) is 10.1. The molecule has 2 atom stereocenters. The molecule has 2 rings (SSSR count). The summed E-state index contributed by atoms with van der Waals surface area (Å²) in [5, 5.41) is 9.40. The van der Waals surface area contributed by atoms with E-state index < -0.39 is 0 Å². The third-order valence-electron chi connectivity index (χ3n) is 3.69. The highest BCUT2D eigenvalue weighted by atomic mass is 16.3. The molecular formula is C12H21N3O. The van der Waals surface area contributed by atoms with Gasteiger partial charge >= 0.3 is 0 Å². The number of likely N-dealkylation sites (tertiary alicyclic amines) is 1. The van der Waals surface area contributed by atoms with Crippen LogP contribution in [-0.4, -0.2) is 38.8 Å². The summed E-state index contributed by atoms with van der Waals surface area (Å²) in [4.78, 5) is 6.55. The van der Waals surface area contributed by atoms with Crippen molar-refractivity contribution >= 4 is 0 Å². The number of nitrogens with zero attached hydrogens (tertiary/aromatic N) is 3. The van der Waals surface area contributed by atoms with E-state index in [0.717, 1.165) is 19.6 Å². The fourth-order valence-electron chi connectivity index (χ4n) is 2.55. The van der Waals surface area contributed by atoms with Crippen LogP contribution >= 0.6 is 0 Å². The van der Waals surface area contributed by atoms with Crippen molar-refractivity contribution in [1.82, 2.24) is 14.5 Å². The number of aliphatic hydroxyl groups is 1. The minimum absolute atomic E-state index is 0.265. The Kier molecular flexibility index (Phi) is 3.61. The molecule has 0 saturated carbocycles. The highest BCUT2D eigenvalue weighted by molar-refractivity contribution is 5.00. The highest BCUT2D eigenvalue weighted by Crippen LogP contribution is 2.25. The van der Waals surface area contributed by atoms with E-state index in [-0.39, 0.29) is 6.61 Å². The zero-order valence-corrected chi connectivity index (χ0v) is 10.1. The highest BCUT2D eigenvalue weighted by Gasteiger charge is 2.30. The van der Waals surface area contributed by atoms with Crippen molar-refractivity contribution in [2.75, 3.05) is 13.2 Å². The fraction of sp³-hybridized carbons (Fsp3) is 0.750. The first-order valence-corrected chi connectivity index (χ1v) is 6.10. The normalized spacial score (nSPS) is 26.4. The van der Waals surface area contributed by atoms with E-state index in [1.54, 1.807) is 0 Å². The van der Waals surface area contributed by atoms with Crippen molar-refractivity contribution in [3.05, 3.63) is 18.2 Å². The molecule has 0 amide bonds. The van der Waals surface area contributed by atoms with Gasteiger partial charge in [-0.1, -0.05) is 6.92 Å². The van der Waals surface area contributed by atoms with E-state index in [2.05, 4.69) is 28.3 Å². The third-order valence-corrected chi connectivity index (χ3v) is 3.69. The van der Waals surface area contributed by atoms with E-state index in [4.69, 9.17) is 0 Å². The first-order valence-electron chi connectivity index (χ1n) is 6.10. The van der Waals surface area contributed by atoms with Gasteiger partial charge in [-0.25, -0.2) is 4.98 Å². The zero-order chi connectivity index (χ0) is 11.5. The molecule has 4 heteroatoms. The standard InChI is InChI=1S/C12H21N3O/c1-3-14-9-13-6-11(14)7-15-5-4-10(2)12(15)8-16/h6,9-10,12,16H,3-5,7-8H2,1-2H3. The largest absolute Gasteiger partial charge is 0.395 e. The monoisotopic (exact) mass is 223 g/mol. The number of hydrogen-bond donors (Lipinski definition) is 1. The minimum atomic E-state index is 0.265. The molecule has 1 aliphatic rings. The van der Waals surface area contributed by atoms with Gasteiger partial charge in [0, 0.05) is 25.3 Å². The van der Waals surface area contributed by atoms with Gasteiger partial charge in [0.25, 0.3) is 0 Å². The smallest absolute Gasteiger partial charge is 0.0948 e. The molecule has 1 N–H and O–H groups in total. The molecule has 0 spiro atoms. The number of aryl methyl sites for hydroxylation is 1. The van der Waals surface area contributed by atoms with Crippen LogP contribution in [0.15, 0.2) is 12.5 Å². The van der Waals surface area contributed by atoms with Gasteiger partial charge in [0.1, 0.15) is 0 Å². The lowest BCUT2D eigenvalue weighted by atomic mass is 10.0. The summed E-state index contributed by atoms with van der Waals surface area (Å²) < 4.78 is 2.16. The number of aromatic nitrogens is 2. The molecule has 0 aromatic carbocycles. The molecular weight excluding hydrogens is 202 g/mol. The Bertz CT molecular complexity index is 337. The Hall–Kier alpha value is -0.870. The second-order valence-corrected chi connectivity index (χ2v) is 4.66. The van der Waals surface area contributed by atoms with E-state index >= 15 is 0 Å². The van der Waals surface area contributed by atoms with Crippen LogP contribution in [0.4, 0.5) is 0 Å². The molecule has 1 aromatic heterocycles. The minimum Gasteiger partial charge on any atom is -0.395 e. The van der Waals surface area contributed by atoms with E-state index in [0.29, 0.717) is 12.0 Å². The quantitative estimate of drug-likeness (QED) is 0.831. The summed E-state index contributed by atoms with van der Waals surface area (Å²) in [5.41, 5.74) is 1.25. The van der Waals surface area contributed by atoms with Crippen LogP contribution < -0.4 is 0 Å². The fourth-order valence-corrected chi connectivity index (χ4v) is 2.55. The number of hydrogen-bond acceptors (Lipinski definition) is 3. The molecule has 16 heavy (non-hydrogen) atoms. The van der Waals surface area contributed by atoms with Crippen LogP contribution in [0.1, 0.15) is 26.0 Å². The Morgan fingerprint density at radius 3 is 3.06 bits per heavy atom. The van der Waals surface area contributed by atoms with Gasteiger partial charge in [-0.3, -0.25) is 4.90 Å². The van der Waals surface area contributed by atoms with Gasteiger partial charge in [-0.2, -0.15) is 0 Å². The van der Waals surface area contributed by atoms with Gasteiger partial charge < -0.3 is 9.67 Å². The molecule has 0 bridgehead atoms. The Morgan fingerprint density at radius 2 is 2.38 bits per heavy atom. The number of aliphatic hydroxyl groups excluding tert-OH is 1. The maximum Gasteiger partial charge on any atom is 0.0948 e. The van der Waals surface area contributed by atoms with Gasteiger partial charge in [-0.15, -0.1) is 0 Å². The summed E-state index contributed by atoms with van der Waals surface area (Å²) >= 11 is 0. The van der Waals surface area contributed by atoms with Crippen LogP contribution in [0.5, 0.6) is 0 Å². The maximum atomic E-state index is 9.40. The summed E-state index contributed by atoms with van der Waals surface area (Å²) in [5.74, 6) is 0.600. The summed E-state index contributed by atoms with van der Waals surface area (Å²) in [6.07, 6.45) is 5.00. The van der Waals surface area contributed by atoms with Gasteiger partial charge in [0.15, 0.2) is 0 Å². The van der Waals surface area contributed by atoms with Crippen molar-refractivity contribution in [2.45, 2.75) is 39.4 Å². The first-order chi connectivity index (χ1) is 7.76. The third kappa shape index (κ3) is 2.13. The van der Waals surface area contributed by atoms with Crippen molar-refractivity contribution in [1.29, 1.82) is 0 Å². The molecule has 1 aromatic rings. The van der Waals surface area contributed by atoms with Crippen molar-refractivity contribution in [3.63, 3.8) is 0 Å². The molecule has 2 unspecified atom stereocenters. The lowest BCUT2D eigenvalue weighted by molar-refractivity contribution is 0.132. The molecule has 90 valence electrons. The van der Waals surface area contributed by atoms with Crippen LogP contribution in [0, 0.1) is 5.92 Å². The lowest BCUT2D eigenvalue weighted by Crippen LogP contribution is -2.35. The predicted molar refractivity (Wildman–Crippen MR) is 63.0 cm³/mol. The Balaban J connectivity index is 2.04. The number of imidazole rings is 1. The predicted octanol–water partition coefficient (Wildman–Crippen LogP) is 1.11. The SMILES string of the molecule is CCn1cncc1CN1CCC(C)C1CO. The molecule has 1 fully saturated rings. The van der Waals surface area contributed by atoms with Crippen LogP contribution in [0.25, 0.3) is 0 Å². The molecule has 0 radical (unpaired) electrons. The second-order valence-electron chi connectivity index (χ2n) is 4.66. The van der Waals surface area contributed by atoms with Crippen molar-refractivity contribution < 1.29 is 5.11 Å². The molecule has 1 saturated heterocycles. The average molecular weight is 223 g/mol. The lowest BCUT2D eigenvalue weighted by Gasteiger charge is -2.25. The summed E-state index contributed by atoms with van der Waals surface area (Å²) in [6, 6.07) is 0.320. The number of rotatable bonds is 4. The van der Waals surface area contributed by atoms with Gasteiger partial charge in [0.05, 0.1) is 18.6 Å². The average Bonchev–Trinajstić information content (AvgIpc) is 2.86. The summed E-state index contributed by atoms with van der Waals surface area (Å²) in [7, 11) is 0. The van der Waals surface area contributed by atoms with E-state index in [1.165, 1.54) is 12.1 Å². The maximum absolute atomic E-state index is 9.40. The Labute approximate surface area is 96.9 Å². The summed E-state index contributed by atoms with van der Waals surface area (Å²) in [6.45, 7) is 7.56. The van der Waals surface area contributed by atoms with Crippen LogP contribution in [-0.2, 0) is 13.1 Å². The van der Waals surface area contributed by atoms with Crippen LogP contribution in [0.2, 0.25) is 0 Å². The Morgan fingerprint density at radius 1 is 1.56 bits per heavy atom. The molecule has 1 aliphatic heterocycles. The second kappa shape index (κ2) is 4.97.